The average molecular weight is 257 g/mol. The van der Waals surface area contributed by atoms with Gasteiger partial charge in [0, 0.05) is 5.90 Å². The van der Waals surface area contributed by atoms with E-state index in [0.717, 1.165) is 0 Å². The van der Waals surface area contributed by atoms with Gasteiger partial charge in [-0.2, -0.15) is 5.21 Å². The van der Waals surface area contributed by atoms with Crippen LogP contribution in [0.3, 0.4) is 0 Å². The molecule has 0 aliphatic heterocycles. The molecule has 2 heterocycles. The summed E-state index contributed by atoms with van der Waals surface area (Å²) in [4.78, 5) is 3.53. The van der Waals surface area contributed by atoms with Crippen LogP contribution in [0.1, 0.15) is 5.76 Å². The van der Waals surface area contributed by atoms with Crippen molar-refractivity contribution in [1.82, 2.24) is 20.6 Å². The quantitative estimate of drug-likeness (QED) is 0.602. The van der Waals surface area contributed by atoms with Crippen molar-refractivity contribution in [2.24, 2.45) is 4.99 Å². The van der Waals surface area contributed by atoms with Crippen molar-refractivity contribution in [3.8, 4) is 0 Å². The zero-order chi connectivity index (χ0) is 9.97. The molecule has 0 fully saturated rings. The predicted octanol–water partition coefficient (Wildman–Crippen LogP) is -0.00620. The summed E-state index contributed by atoms with van der Waals surface area (Å²) in [5, 5.41) is 23.8. The second kappa shape index (κ2) is 3.58. The lowest BCUT2D eigenvalue weighted by Gasteiger charge is -2.03. The summed E-state index contributed by atoms with van der Waals surface area (Å²) in [5.74, 6) is -0.471. The number of nitrogens with zero attached hydrogens (tertiary/aromatic N) is 4. The fraction of sp³-hybridized carbons (Fsp3) is 0. The van der Waals surface area contributed by atoms with Gasteiger partial charge in [-0.1, -0.05) is 5.10 Å². The van der Waals surface area contributed by atoms with Crippen LogP contribution in [0, 0.1) is 0 Å². The first-order valence-electron chi connectivity index (χ1n) is 3.50. The molecule has 7 nitrogen and oxygen atoms in total. The summed E-state index contributed by atoms with van der Waals surface area (Å²) in [5.41, 5.74) is 0. The lowest BCUT2D eigenvalue weighted by molar-refractivity contribution is -0.214. The predicted molar refractivity (Wildman–Crippen MR) is 46.8 cm³/mol. The third-order valence-corrected chi connectivity index (χ3v) is 1.75. The van der Waals surface area contributed by atoms with Gasteiger partial charge in [-0.25, -0.2) is 4.99 Å². The van der Waals surface area contributed by atoms with E-state index in [1.54, 1.807) is 6.07 Å². The lowest BCUT2D eigenvalue weighted by atomic mass is 10.4. The molecule has 0 aromatic carbocycles. The van der Waals surface area contributed by atoms with Crippen molar-refractivity contribution in [2.75, 3.05) is 0 Å². The van der Waals surface area contributed by atoms with Crippen molar-refractivity contribution < 1.29 is 9.52 Å². The highest BCUT2D eigenvalue weighted by atomic mass is 79.9. The van der Waals surface area contributed by atoms with E-state index in [4.69, 9.17) is 4.42 Å². The number of aliphatic imine (C=N–C) groups is 1. The molecule has 8 heteroatoms. The second-order valence-corrected chi connectivity index (χ2v) is 3.01. The van der Waals surface area contributed by atoms with E-state index in [2.05, 4.69) is 41.5 Å². The summed E-state index contributed by atoms with van der Waals surface area (Å²) < 4.78 is 5.44. The van der Waals surface area contributed by atoms with Crippen LogP contribution in [0.4, 0.5) is 5.95 Å². The largest absolute Gasteiger partial charge is 0.856 e. The molecule has 0 unspecified atom stereocenters. The molecule has 0 spiro atoms. The van der Waals surface area contributed by atoms with Gasteiger partial charge in [0.15, 0.2) is 4.67 Å². The van der Waals surface area contributed by atoms with E-state index < -0.39 is 5.90 Å². The highest BCUT2D eigenvalue weighted by Crippen LogP contribution is 2.14. The van der Waals surface area contributed by atoms with Crippen molar-refractivity contribution in [1.29, 1.82) is 0 Å². The van der Waals surface area contributed by atoms with E-state index in [0.29, 0.717) is 4.67 Å². The third-order valence-electron chi connectivity index (χ3n) is 1.32. The molecule has 0 saturated carbocycles. The van der Waals surface area contributed by atoms with Gasteiger partial charge in [0.25, 0.3) is 5.95 Å². The molecule has 2 rings (SSSR count). The van der Waals surface area contributed by atoms with Crippen LogP contribution in [0.25, 0.3) is 0 Å². The van der Waals surface area contributed by atoms with Gasteiger partial charge in [-0.05, 0) is 33.3 Å². The highest BCUT2D eigenvalue weighted by molar-refractivity contribution is 9.10. The van der Waals surface area contributed by atoms with Crippen molar-refractivity contribution in [3.05, 3.63) is 22.6 Å². The summed E-state index contributed by atoms with van der Waals surface area (Å²) in [7, 11) is 0. The number of halogens is 1. The molecule has 2 aromatic heterocycles. The molecular formula is C6H3BrN5O2-. The van der Waals surface area contributed by atoms with Gasteiger partial charge in [0.1, 0.15) is 5.76 Å². The molecular weight excluding hydrogens is 254 g/mol. The maximum atomic E-state index is 11.3. The minimum absolute atomic E-state index is 0.0254. The number of H-pyrrole nitrogens is 1. The molecule has 0 saturated heterocycles. The summed E-state index contributed by atoms with van der Waals surface area (Å²) in [6.07, 6.45) is 0. The minimum Gasteiger partial charge on any atom is -0.856 e. The van der Waals surface area contributed by atoms with Crippen LogP contribution in [0.2, 0.25) is 0 Å². The van der Waals surface area contributed by atoms with Crippen molar-refractivity contribution >= 4 is 27.8 Å². The van der Waals surface area contributed by atoms with E-state index in [-0.39, 0.29) is 11.7 Å². The number of nitrogens with one attached hydrogen (secondary N) is 1. The second-order valence-electron chi connectivity index (χ2n) is 2.23. The van der Waals surface area contributed by atoms with Crippen LogP contribution in [-0.2, 0) is 0 Å². The summed E-state index contributed by atoms with van der Waals surface area (Å²) in [6.45, 7) is 0. The molecule has 14 heavy (non-hydrogen) atoms. The maximum absolute atomic E-state index is 11.3. The topological polar surface area (TPSA) is 103 Å². The zero-order valence-corrected chi connectivity index (χ0v) is 8.22. The molecule has 0 atom stereocenters. The van der Waals surface area contributed by atoms with E-state index in [1.165, 1.54) is 6.07 Å². The van der Waals surface area contributed by atoms with Gasteiger partial charge in [0.2, 0.25) is 0 Å². The Morgan fingerprint density at radius 1 is 1.57 bits per heavy atom. The Hall–Kier alpha value is -1.70. The van der Waals surface area contributed by atoms with E-state index in [9.17, 15) is 5.11 Å². The molecule has 0 aliphatic rings. The number of aromatic nitrogens is 4. The fourth-order valence-corrected chi connectivity index (χ4v) is 1.09. The Morgan fingerprint density at radius 2 is 2.43 bits per heavy atom. The van der Waals surface area contributed by atoms with Crippen LogP contribution in [0.5, 0.6) is 0 Å². The Morgan fingerprint density at radius 3 is 3.00 bits per heavy atom. The summed E-state index contributed by atoms with van der Waals surface area (Å²) >= 11 is 3.07. The first-order valence-corrected chi connectivity index (χ1v) is 4.30. The van der Waals surface area contributed by atoms with Crippen LogP contribution in [-0.4, -0.2) is 26.5 Å². The van der Waals surface area contributed by atoms with Crippen LogP contribution in [0.15, 0.2) is 26.2 Å². The Labute approximate surface area is 86.0 Å². The molecule has 0 radical (unpaired) electrons. The van der Waals surface area contributed by atoms with Gasteiger partial charge >= 0.3 is 0 Å². The molecule has 1 N–H and O–H groups in total. The van der Waals surface area contributed by atoms with E-state index >= 15 is 0 Å². The standard InChI is InChI=1S/C6H4BrN5O2/c7-4-2-1-3(14-4)5(13)8-6-9-11-12-10-6/h1-2H,(H2,8,9,10,11,12,13)/p-1. The van der Waals surface area contributed by atoms with Crippen LogP contribution >= 0.6 is 15.9 Å². The highest BCUT2D eigenvalue weighted by Gasteiger charge is 2.00. The first-order chi connectivity index (χ1) is 6.75. The molecule has 2 aromatic rings. The Kier molecular flexibility index (Phi) is 2.27. The lowest BCUT2D eigenvalue weighted by Crippen LogP contribution is -2.17. The number of furan rings is 1. The SMILES string of the molecule is [O-]C(=Nc1nn[nH]n1)c1ccc(Br)o1. The monoisotopic (exact) mass is 256 g/mol. The number of hydrogen-bond acceptors (Lipinski definition) is 6. The van der Waals surface area contributed by atoms with Gasteiger partial charge in [-0.3, -0.25) is 0 Å². The van der Waals surface area contributed by atoms with Crippen LogP contribution < -0.4 is 5.11 Å². The normalized spacial score (nSPS) is 11.9. The maximum Gasteiger partial charge on any atom is 0.288 e. The Bertz CT molecular complexity index is 448. The fourth-order valence-electron chi connectivity index (χ4n) is 0.779. The van der Waals surface area contributed by atoms with Gasteiger partial charge in [-0.15, -0.1) is 5.10 Å². The molecule has 0 aliphatic carbocycles. The van der Waals surface area contributed by atoms with Gasteiger partial charge in [0.05, 0.1) is 0 Å². The zero-order valence-electron chi connectivity index (χ0n) is 6.64. The smallest absolute Gasteiger partial charge is 0.288 e. The third kappa shape index (κ3) is 1.79. The number of hydrogen-bond donors (Lipinski definition) is 1. The summed E-state index contributed by atoms with van der Waals surface area (Å²) in [6, 6.07) is 3.09. The van der Waals surface area contributed by atoms with Crippen molar-refractivity contribution in [3.63, 3.8) is 0 Å². The number of rotatable bonds is 2. The molecule has 72 valence electrons. The first kappa shape index (κ1) is 8.88. The van der Waals surface area contributed by atoms with Gasteiger partial charge < -0.3 is 9.52 Å². The van der Waals surface area contributed by atoms with Crippen molar-refractivity contribution in [2.45, 2.75) is 0 Å². The van der Waals surface area contributed by atoms with E-state index in [1.807, 2.05) is 0 Å². The number of aromatic amines is 1. The minimum atomic E-state index is -0.558. The molecule has 0 bridgehead atoms. The molecule has 0 amide bonds. The number of tetrazole rings is 1. The average Bonchev–Trinajstić information content (AvgIpc) is 2.75. The Balaban J connectivity index is 2.28.